The molecule has 1 rings (SSSR count). The van der Waals surface area contributed by atoms with Gasteiger partial charge < -0.3 is 5.32 Å². The number of benzene rings is 1. The van der Waals surface area contributed by atoms with Crippen LogP contribution in [0.4, 0.5) is 0 Å². The van der Waals surface area contributed by atoms with Crippen LogP contribution in [0.5, 0.6) is 0 Å². The zero-order valence-electron chi connectivity index (χ0n) is 12.8. The van der Waals surface area contributed by atoms with Crippen molar-refractivity contribution in [3.8, 4) is 0 Å². The van der Waals surface area contributed by atoms with Crippen LogP contribution in [0.3, 0.4) is 0 Å². The van der Waals surface area contributed by atoms with Gasteiger partial charge in [-0.1, -0.05) is 32.9 Å². The van der Waals surface area contributed by atoms with E-state index in [2.05, 4.69) is 45.1 Å². The normalized spacial score (nSPS) is 15.2. The molecule has 19 heavy (non-hydrogen) atoms. The van der Waals surface area contributed by atoms with Crippen LogP contribution < -0.4 is 5.32 Å². The van der Waals surface area contributed by atoms with Crippen LogP contribution in [0, 0.1) is 0 Å². The molecule has 0 fully saturated rings. The summed E-state index contributed by atoms with van der Waals surface area (Å²) in [5.41, 5.74) is 1.44. The third-order valence-electron chi connectivity index (χ3n) is 3.44. The Kier molecular flexibility index (Phi) is 6.21. The minimum atomic E-state index is -0.865. The standard InChI is InChI=1S/C16H27NOS/c1-13(17-5)7-6-12-19(18)15-10-8-14(9-11-15)16(2,3)4/h8-11,13,17H,6-7,12H2,1-5H3. The highest BCUT2D eigenvalue weighted by Crippen LogP contribution is 2.23. The van der Waals surface area contributed by atoms with Gasteiger partial charge in [-0.2, -0.15) is 0 Å². The molecule has 2 unspecified atom stereocenters. The van der Waals surface area contributed by atoms with Crippen molar-refractivity contribution in [1.82, 2.24) is 5.32 Å². The molecule has 1 aromatic rings. The highest BCUT2D eigenvalue weighted by molar-refractivity contribution is 7.85. The van der Waals surface area contributed by atoms with Gasteiger partial charge in [0.15, 0.2) is 0 Å². The van der Waals surface area contributed by atoms with Crippen LogP contribution in [0.25, 0.3) is 0 Å². The summed E-state index contributed by atoms with van der Waals surface area (Å²) in [6, 6.07) is 8.73. The summed E-state index contributed by atoms with van der Waals surface area (Å²) in [6.07, 6.45) is 2.07. The second-order valence-corrected chi connectivity index (χ2v) is 7.73. The molecule has 0 saturated carbocycles. The van der Waals surface area contributed by atoms with Crippen molar-refractivity contribution in [1.29, 1.82) is 0 Å². The van der Waals surface area contributed by atoms with Crippen molar-refractivity contribution in [3.63, 3.8) is 0 Å². The molecule has 0 aliphatic rings. The lowest BCUT2D eigenvalue weighted by atomic mass is 9.87. The first-order chi connectivity index (χ1) is 8.84. The SMILES string of the molecule is CNC(C)CCCS(=O)c1ccc(C(C)(C)C)cc1. The Hall–Kier alpha value is -0.670. The van der Waals surface area contributed by atoms with E-state index in [0.29, 0.717) is 6.04 Å². The molecule has 0 aliphatic carbocycles. The number of hydrogen-bond donors (Lipinski definition) is 1. The first-order valence-corrected chi connectivity index (χ1v) is 8.32. The molecule has 0 saturated heterocycles. The molecule has 1 N–H and O–H groups in total. The number of hydrogen-bond acceptors (Lipinski definition) is 2. The molecule has 2 atom stereocenters. The van der Waals surface area contributed by atoms with Crippen molar-refractivity contribution in [3.05, 3.63) is 29.8 Å². The Morgan fingerprint density at radius 2 is 1.79 bits per heavy atom. The van der Waals surface area contributed by atoms with E-state index >= 15 is 0 Å². The predicted molar refractivity (Wildman–Crippen MR) is 84.2 cm³/mol. The second-order valence-electron chi connectivity index (χ2n) is 6.16. The van der Waals surface area contributed by atoms with Gasteiger partial charge in [-0.3, -0.25) is 4.21 Å². The number of nitrogens with one attached hydrogen (secondary N) is 1. The minimum Gasteiger partial charge on any atom is -0.317 e. The third-order valence-corrected chi connectivity index (χ3v) is 4.90. The Bertz CT molecular complexity index is 406. The van der Waals surface area contributed by atoms with Gasteiger partial charge in [0.05, 0.1) is 10.8 Å². The van der Waals surface area contributed by atoms with Gasteiger partial charge in [0.2, 0.25) is 0 Å². The fourth-order valence-corrected chi connectivity index (χ4v) is 2.99. The lowest BCUT2D eigenvalue weighted by Gasteiger charge is -2.19. The Balaban J connectivity index is 2.54. The summed E-state index contributed by atoms with van der Waals surface area (Å²) in [7, 11) is 1.10. The zero-order valence-corrected chi connectivity index (χ0v) is 13.6. The van der Waals surface area contributed by atoms with E-state index in [1.54, 1.807) is 0 Å². The van der Waals surface area contributed by atoms with Crippen LogP contribution in [0.15, 0.2) is 29.2 Å². The molecular weight excluding hydrogens is 254 g/mol. The van der Waals surface area contributed by atoms with Crippen LogP contribution in [0.2, 0.25) is 0 Å². The largest absolute Gasteiger partial charge is 0.317 e. The molecule has 0 bridgehead atoms. The Morgan fingerprint density at radius 3 is 2.26 bits per heavy atom. The summed E-state index contributed by atoms with van der Waals surface area (Å²) in [5, 5.41) is 3.20. The summed E-state index contributed by atoms with van der Waals surface area (Å²) in [4.78, 5) is 0.949. The smallest absolute Gasteiger partial charge is 0.0529 e. The maximum atomic E-state index is 12.2. The van der Waals surface area contributed by atoms with E-state index < -0.39 is 10.8 Å². The molecule has 0 aromatic heterocycles. The molecule has 0 amide bonds. The lowest BCUT2D eigenvalue weighted by Crippen LogP contribution is -2.21. The van der Waals surface area contributed by atoms with Crippen molar-refractivity contribution >= 4 is 10.8 Å². The van der Waals surface area contributed by atoms with Gasteiger partial charge in [-0.05, 0) is 49.9 Å². The average molecular weight is 281 g/mol. The van der Waals surface area contributed by atoms with Crippen molar-refractivity contribution in [2.75, 3.05) is 12.8 Å². The maximum Gasteiger partial charge on any atom is 0.0529 e. The Labute approximate surface area is 120 Å². The first-order valence-electron chi connectivity index (χ1n) is 7.01. The van der Waals surface area contributed by atoms with E-state index in [0.717, 1.165) is 23.5 Å². The molecule has 108 valence electrons. The summed E-state index contributed by atoms with van der Waals surface area (Å²) in [5.74, 6) is 0.751. The van der Waals surface area contributed by atoms with Crippen LogP contribution in [-0.4, -0.2) is 23.1 Å². The van der Waals surface area contributed by atoms with Gasteiger partial charge in [0.1, 0.15) is 0 Å². The molecule has 0 radical (unpaired) electrons. The minimum absolute atomic E-state index is 0.155. The van der Waals surface area contributed by atoms with Gasteiger partial charge in [0, 0.05) is 16.7 Å². The van der Waals surface area contributed by atoms with Crippen LogP contribution >= 0.6 is 0 Å². The average Bonchev–Trinajstić information content (AvgIpc) is 2.37. The summed E-state index contributed by atoms with van der Waals surface area (Å²) in [6.45, 7) is 8.73. The molecule has 1 aromatic carbocycles. The van der Waals surface area contributed by atoms with E-state index in [1.807, 2.05) is 19.2 Å². The molecule has 0 spiro atoms. The van der Waals surface area contributed by atoms with Crippen molar-refractivity contribution in [2.45, 2.75) is 56.9 Å². The van der Waals surface area contributed by atoms with E-state index in [9.17, 15) is 4.21 Å². The van der Waals surface area contributed by atoms with Crippen LogP contribution in [-0.2, 0) is 16.2 Å². The Morgan fingerprint density at radius 1 is 1.21 bits per heavy atom. The van der Waals surface area contributed by atoms with E-state index in [-0.39, 0.29) is 5.41 Å². The second kappa shape index (κ2) is 7.20. The number of rotatable bonds is 6. The van der Waals surface area contributed by atoms with Gasteiger partial charge in [-0.15, -0.1) is 0 Å². The van der Waals surface area contributed by atoms with Gasteiger partial charge in [-0.25, -0.2) is 0 Å². The molecule has 3 heteroatoms. The fraction of sp³-hybridized carbons (Fsp3) is 0.625. The molecule has 0 aliphatic heterocycles. The van der Waals surface area contributed by atoms with Gasteiger partial charge in [0.25, 0.3) is 0 Å². The zero-order chi connectivity index (χ0) is 14.5. The van der Waals surface area contributed by atoms with E-state index in [1.165, 1.54) is 5.56 Å². The summed E-state index contributed by atoms with van der Waals surface area (Å²) >= 11 is 0. The monoisotopic (exact) mass is 281 g/mol. The lowest BCUT2D eigenvalue weighted by molar-refractivity contribution is 0.557. The van der Waals surface area contributed by atoms with Crippen molar-refractivity contribution in [2.24, 2.45) is 0 Å². The topological polar surface area (TPSA) is 29.1 Å². The van der Waals surface area contributed by atoms with E-state index in [4.69, 9.17) is 0 Å². The molecule has 2 nitrogen and oxygen atoms in total. The van der Waals surface area contributed by atoms with Crippen LogP contribution in [0.1, 0.15) is 46.1 Å². The highest BCUT2D eigenvalue weighted by Gasteiger charge is 2.13. The van der Waals surface area contributed by atoms with Crippen molar-refractivity contribution < 1.29 is 4.21 Å². The summed E-state index contributed by atoms with van der Waals surface area (Å²) < 4.78 is 12.2. The first kappa shape index (κ1) is 16.4. The molecular formula is C16H27NOS. The maximum absolute atomic E-state index is 12.2. The molecule has 0 heterocycles. The predicted octanol–water partition coefficient (Wildman–Crippen LogP) is 3.48. The third kappa shape index (κ3) is 5.45. The van der Waals surface area contributed by atoms with Gasteiger partial charge >= 0.3 is 0 Å². The quantitative estimate of drug-likeness (QED) is 0.865. The fourth-order valence-electron chi connectivity index (χ4n) is 1.89. The highest BCUT2D eigenvalue weighted by atomic mass is 32.2.